The fourth-order valence-corrected chi connectivity index (χ4v) is 7.33. The lowest BCUT2D eigenvalue weighted by atomic mass is 10.0. The predicted octanol–water partition coefficient (Wildman–Crippen LogP) is 6.19. The Bertz CT molecular complexity index is 1640. The average Bonchev–Trinajstić information content (AvgIpc) is 3.59. The number of piperidine rings is 1. The summed E-state index contributed by atoms with van der Waals surface area (Å²) >= 11 is 12.8. The molecule has 2 N–H and O–H groups in total. The van der Waals surface area contributed by atoms with Crippen molar-refractivity contribution < 1.29 is 14.4 Å². The topological polar surface area (TPSA) is 98.3 Å². The van der Waals surface area contributed by atoms with Gasteiger partial charge >= 0.3 is 0 Å². The van der Waals surface area contributed by atoms with E-state index in [1.54, 1.807) is 13.2 Å². The van der Waals surface area contributed by atoms with Crippen molar-refractivity contribution in [1.29, 1.82) is 0 Å². The molecule has 49 heavy (non-hydrogen) atoms. The highest BCUT2D eigenvalue weighted by Crippen LogP contribution is 2.40. The largest absolute Gasteiger partial charge is 0.494 e. The van der Waals surface area contributed by atoms with Gasteiger partial charge in [-0.3, -0.25) is 19.4 Å². The number of nitrogens with zero attached hydrogens (tertiary/aromatic N) is 6. The molecule has 0 aliphatic carbocycles. The molecule has 260 valence electrons. The Morgan fingerprint density at radius 2 is 1.84 bits per heavy atom. The van der Waals surface area contributed by atoms with Crippen molar-refractivity contribution in [3.63, 3.8) is 0 Å². The van der Waals surface area contributed by atoms with Gasteiger partial charge in [0.2, 0.25) is 5.91 Å². The standard InChI is InChI=1S/C36H44Cl2N8O3/c1-4-12-43-15-17-44(18-16-43)26-9-13-45(14-10-26)31-22-32(48-3)30(21-29(31)42-35(47)5-2)41-33-23-34(40-24-39-33)46-27(11-19-49-46)20-25-7-6-8-28(37)36(25)38/h4-8,21-24,26-27H,1-2,9-20H2,3H3,(H,42,47)(H,39,40,41). The lowest BCUT2D eigenvalue weighted by molar-refractivity contribution is -0.111. The molecule has 4 heterocycles. The van der Waals surface area contributed by atoms with Crippen LogP contribution in [0.25, 0.3) is 0 Å². The number of hydroxylamine groups is 1. The average molecular weight is 708 g/mol. The highest BCUT2D eigenvalue weighted by Gasteiger charge is 2.30. The van der Waals surface area contributed by atoms with Gasteiger partial charge in [-0.25, -0.2) is 15.0 Å². The molecule has 1 amide bonds. The minimum absolute atomic E-state index is 0.0132. The first-order chi connectivity index (χ1) is 23.9. The van der Waals surface area contributed by atoms with E-state index in [4.69, 9.17) is 32.8 Å². The maximum atomic E-state index is 12.6. The van der Waals surface area contributed by atoms with E-state index in [9.17, 15) is 4.79 Å². The van der Waals surface area contributed by atoms with Crippen LogP contribution in [0.4, 0.5) is 28.7 Å². The minimum Gasteiger partial charge on any atom is -0.494 e. The molecule has 1 aromatic heterocycles. The van der Waals surface area contributed by atoms with Crippen LogP contribution in [0, 0.1) is 0 Å². The second kappa shape index (κ2) is 16.2. The van der Waals surface area contributed by atoms with Gasteiger partial charge in [-0.15, -0.1) is 6.58 Å². The maximum Gasteiger partial charge on any atom is 0.247 e. The number of aromatic nitrogens is 2. The van der Waals surface area contributed by atoms with Crippen LogP contribution in [-0.4, -0.2) is 97.3 Å². The number of halogens is 2. The number of carbonyl (C=O) groups is 1. The molecule has 3 aliphatic rings. The summed E-state index contributed by atoms with van der Waals surface area (Å²) in [7, 11) is 1.64. The van der Waals surface area contributed by atoms with Gasteiger partial charge in [0.1, 0.15) is 17.9 Å². The number of benzene rings is 2. The van der Waals surface area contributed by atoms with Crippen molar-refractivity contribution >= 4 is 57.8 Å². The third kappa shape index (κ3) is 8.30. The van der Waals surface area contributed by atoms with E-state index in [0.717, 1.165) is 76.3 Å². The molecule has 3 fully saturated rings. The summed E-state index contributed by atoms with van der Waals surface area (Å²) in [5.41, 5.74) is 3.17. The van der Waals surface area contributed by atoms with Gasteiger partial charge in [-0.05, 0) is 49.5 Å². The zero-order valence-electron chi connectivity index (χ0n) is 27.9. The number of ether oxygens (including phenoxy) is 1. The number of hydrogen-bond donors (Lipinski definition) is 2. The van der Waals surface area contributed by atoms with Gasteiger partial charge in [-0.2, -0.15) is 0 Å². The van der Waals surface area contributed by atoms with Crippen molar-refractivity contribution in [1.82, 2.24) is 19.8 Å². The van der Waals surface area contributed by atoms with Crippen LogP contribution in [0.15, 0.2) is 68.0 Å². The molecule has 2 aromatic carbocycles. The molecular formula is C36H44Cl2N8O3. The van der Waals surface area contributed by atoms with E-state index in [0.29, 0.717) is 57.9 Å². The predicted molar refractivity (Wildman–Crippen MR) is 198 cm³/mol. The molecule has 3 saturated heterocycles. The number of amides is 1. The fourth-order valence-electron chi connectivity index (χ4n) is 6.93. The highest BCUT2D eigenvalue weighted by molar-refractivity contribution is 6.42. The number of piperazine rings is 1. The summed E-state index contributed by atoms with van der Waals surface area (Å²) in [6.07, 6.45) is 8.30. The number of methoxy groups -OCH3 is 1. The smallest absolute Gasteiger partial charge is 0.247 e. The molecule has 0 spiro atoms. The first-order valence-electron chi connectivity index (χ1n) is 16.8. The van der Waals surface area contributed by atoms with Crippen LogP contribution in [0.3, 0.4) is 0 Å². The van der Waals surface area contributed by atoms with E-state index in [1.165, 1.54) is 12.4 Å². The maximum absolute atomic E-state index is 12.6. The van der Waals surface area contributed by atoms with Crippen LogP contribution >= 0.6 is 23.2 Å². The Kier molecular flexibility index (Phi) is 11.6. The third-order valence-electron chi connectivity index (χ3n) is 9.52. The Labute approximate surface area is 298 Å². The van der Waals surface area contributed by atoms with Gasteiger partial charge in [-0.1, -0.05) is 48.0 Å². The Morgan fingerprint density at radius 3 is 2.57 bits per heavy atom. The summed E-state index contributed by atoms with van der Waals surface area (Å²) < 4.78 is 5.87. The first kappa shape index (κ1) is 35.0. The van der Waals surface area contributed by atoms with Crippen LogP contribution in [0.1, 0.15) is 24.8 Å². The van der Waals surface area contributed by atoms with E-state index in [1.807, 2.05) is 41.5 Å². The number of hydrogen-bond acceptors (Lipinski definition) is 10. The van der Waals surface area contributed by atoms with Crippen LogP contribution < -0.4 is 25.3 Å². The molecule has 3 aromatic rings. The van der Waals surface area contributed by atoms with E-state index < -0.39 is 0 Å². The van der Waals surface area contributed by atoms with Crippen molar-refractivity contribution in [2.75, 3.05) is 80.1 Å². The normalized spacial score (nSPS) is 19.1. The summed E-state index contributed by atoms with van der Waals surface area (Å²) in [6, 6.07) is 11.9. The second-order valence-electron chi connectivity index (χ2n) is 12.5. The van der Waals surface area contributed by atoms with Crippen LogP contribution in [0.5, 0.6) is 5.75 Å². The molecule has 6 rings (SSSR count). The van der Waals surface area contributed by atoms with Gasteiger partial charge in [0.05, 0.1) is 46.9 Å². The molecule has 0 saturated carbocycles. The fraction of sp³-hybridized carbons (Fsp3) is 0.417. The molecule has 13 heteroatoms. The molecule has 3 aliphatic heterocycles. The summed E-state index contributed by atoms with van der Waals surface area (Å²) in [6.45, 7) is 15.1. The molecule has 11 nitrogen and oxygen atoms in total. The number of carbonyl (C=O) groups excluding carboxylic acids is 1. The Morgan fingerprint density at radius 1 is 1.04 bits per heavy atom. The lowest BCUT2D eigenvalue weighted by Gasteiger charge is -2.43. The number of nitrogens with one attached hydrogen (secondary N) is 2. The number of anilines is 5. The molecule has 1 atom stereocenters. The van der Waals surface area contributed by atoms with Crippen molar-refractivity contribution in [2.45, 2.75) is 37.8 Å². The van der Waals surface area contributed by atoms with Crippen LogP contribution in [-0.2, 0) is 16.1 Å². The first-order valence-corrected chi connectivity index (χ1v) is 17.5. The van der Waals surface area contributed by atoms with Gasteiger partial charge in [0.25, 0.3) is 0 Å². The van der Waals surface area contributed by atoms with Crippen molar-refractivity contribution in [3.05, 3.63) is 83.6 Å². The third-order valence-corrected chi connectivity index (χ3v) is 10.4. The summed E-state index contributed by atoms with van der Waals surface area (Å²) in [5.74, 6) is 1.49. The summed E-state index contributed by atoms with van der Waals surface area (Å²) in [4.78, 5) is 35.0. The monoisotopic (exact) mass is 706 g/mol. The van der Waals surface area contributed by atoms with Crippen molar-refractivity contribution in [2.24, 2.45) is 0 Å². The van der Waals surface area contributed by atoms with E-state index >= 15 is 0 Å². The quantitative estimate of drug-likeness (QED) is 0.168. The summed E-state index contributed by atoms with van der Waals surface area (Å²) in [5, 5.41) is 9.30. The molecule has 0 radical (unpaired) electrons. The van der Waals surface area contributed by atoms with Gasteiger partial charge < -0.3 is 20.3 Å². The zero-order chi connectivity index (χ0) is 34.3. The lowest BCUT2D eigenvalue weighted by Crippen LogP contribution is -2.53. The van der Waals surface area contributed by atoms with E-state index in [-0.39, 0.29) is 11.9 Å². The minimum atomic E-state index is -0.286. The SMILES string of the molecule is C=CCN1CCN(C2CCN(c3cc(OC)c(Nc4cc(N5OCCC5Cc5cccc(Cl)c5Cl)ncn4)cc3NC(=O)C=C)CC2)CC1. The van der Waals surface area contributed by atoms with Gasteiger partial charge in [0, 0.05) is 64.0 Å². The van der Waals surface area contributed by atoms with Crippen molar-refractivity contribution in [3.8, 4) is 5.75 Å². The Balaban J connectivity index is 1.18. The van der Waals surface area contributed by atoms with E-state index in [2.05, 4.69) is 48.5 Å². The molecular weight excluding hydrogens is 663 g/mol. The molecule has 1 unspecified atom stereocenters. The zero-order valence-corrected chi connectivity index (χ0v) is 29.4. The molecule has 0 bridgehead atoms. The Hall–Kier alpha value is -3.87. The number of rotatable bonds is 12. The van der Waals surface area contributed by atoms with Gasteiger partial charge in [0.15, 0.2) is 5.82 Å². The second-order valence-corrected chi connectivity index (χ2v) is 13.3. The highest BCUT2D eigenvalue weighted by atomic mass is 35.5. The van der Waals surface area contributed by atoms with Crippen LogP contribution in [0.2, 0.25) is 10.0 Å².